The van der Waals surface area contributed by atoms with Crippen LogP contribution in [0.5, 0.6) is 0 Å². The number of rotatable bonds is 1. The van der Waals surface area contributed by atoms with Crippen molar-refractivity contribution in [1.29, 1.82) is 0 Å². The van der Waals surface area contributed by atoms with E-state index in [0.29, 0.717) is 5.41 Å². The zero-order valence-electron chi connectivity index (χ0n) is 5.49. The smallest absolute Gasteiger partial charge is 0.0332 e. The van der Waals surface area contributed by atoms with Gasteiger partial charge in [0, 0.05) is 0 Å². The molecule has 0 N–H and O–H groups in total. The van der Waals surface area contributed by atoms with Crippen molar-refractivity contribution in [3.05, 3.63) is 13.3 Å². The van der Waals surface area contributed by atoms with E-state index >= 15 is 0 Å². The van der Waals surface area contributed by atoms with Crippen LogP contribution in [0.1, 0.15) is 27.2 Å². The Morgan fingerprint density at radius 2 is 1.86 bits per heavy atom. The molecule has 0 heteroatoms. The first-order chi connectivity index (χ1) is 3.06. The van der Waals surface area contributed by atoms with E-state index in [1.807, 2.05) is 0 Å². The zero-order valence-corrected chi connectivity index (χ0v) is 5.49. The Morgan fingerprint density at radius 3 is 1.86 bits per heavy atom. The summed E-state index contributed by atoms with van der Waals surface area (Å²) in [6, 6.07) is 0. The van der Waals surface area contributed by atoms with E-state index in [0.717, 1.165) is 6.42 Å². The zero-order chi connectivity index (χ0) is 5.91. The minimum absolute atomic E-state index is 0.363. The lowest BCUT2D eigenvalue weighted by molar-refractivity contribution is 0.485. The summed E-state index contributed by atoms with van der Waals surface area (Å²) in [5, 5.41) is 0. The van der Waals surface area contributed by atoms with Crippen LogP contribution in [-0.4, -0.2) is 0 Å². The maximum Gasteiger partial charge on any atom is -0.0332 e. The lowest BCUT2D eigenvalue weighted by Gasteiger charge is -2.14. The van der Waals surface area contributed by atoms with Crippen LogP contribution in [0.4, 0.5) is 0 Å². The van der Waals surface area contributed by atoms with Crippen LogP contribution in [0.2, 0.25) is 0 Å². The number of hydrogen-bond acceptors (Lipinski definition) is 0. The summed E-state index contributed by atoms with van der Waals surface area (Å²) in [5.41, 5.74) is 0.363. The van der Waals surface area contributed by atoms with E-state index in [-0.39, 0.29) is 0 Å². The van der Waals surface area contributed by atoms with Gasteiger partial charge in [-0.05, 0) is 18.3 Å². The van der Waals surface area contributed by atoms with E-state index in [2.05, 4.69) is 34.1 Å². The van der Waals surface area contributed by atoms with Gasteiger partial charge >= 0.3 is 0 Å². The minimum atomic E-state index is 0.363. The maximum atomic E-state index is 3.72. The van der Waals surface area contributed by atoms with Crippen molar-refractivity contribution < 1.29 is 0 Å². The Balaban J connectivity index is 3.15. The minimum Gasteiger partial charge on any atom is -0.0599 e. The molecule has 0 fully saturated rings. The van der Waals surface area contributed by atoms with Crippen molar-refractivity contribution >= 4 is 0 Å². The molecule has 0 heterocycles. The summed E-state index contributed by atoms with van der Waals surface area (Å²) in [7, 11) is 0. The third-order valence-corrected chi connectivity index (χ3v) is 0.757. The van der Waals surface area contributed by atoms with Crippen LogP contribution in [0, 0.1) is 18.8 Å². The van der Waals surface area contributed by atoms with Gasteiger partial charge in [-0.1, -0.05) is 27.7 Å². The molecular formula is C7H14. The Morgan fingerprint density at radius 1 is 1.43 bits per heavy atom. The molecule has 0 nitrogen and oxygen atoms in total. The average molecular weight is 98.2 g/mol. The van der Waals surface area contributed by atoms with Crippen molar-refractivity contribution in [2.24, 2.45) is 5.41 Å². The van der Waals surface area contributed by atoms with Gasteiger partial charge in [-0.25, -0.2) is 0 Å². The maximum absolute atomic E-state index is 3.72. The van der Waals surface area contributed by atoms with Crippen LogP contribution in [0.15, 0.2) is 0 Å². The molecule has 0 rings (SSSR count). The molecule has 0 spiro atoms. The van der Waals surface area contributed by atoms with Crippen LogP contribution >= 0.6 is 0 Å². The molecule has 7 heavy (non-hydrogen) atoms. The second kappa shape index (κ2) is 2.34. The first-order valence-corrected chi connectivity index (χ1v) is 2.70. The van der Waals surface area contributed by atoms with Crippen LogP contribution < -0.4 is 0 Å². The van der Waals surface area contributed by atoms with E-state index < -0.39 is 0 Å². The van der Waals surface area contributed by atoms with Crippen LogP contribution in [0.3, 0.4) is 0 Å². The highest BCUT2D eigenvalue weighted by Gasteiger charge is 2.06. The van der Waals surface area contributed by atoms with Gasteiger partial charge in [-0.15, -0.1) is 0 Å². The molecule has 0 saturated carbocycles. The highest BCUT2D eigenvalue weighted by molar-refractivity contribution is 4.80. The lowest BCUT2D eigenvalue weighted by atomic mass is 9.91. The van der Waals surface area contributed by atoms with Crippen LogP contribution in [-0.2, 0) is 0 Å². The Bertz CT molecular complexity index is 38.5. The Hall–Kier alpha value is 0. The summed E-state index contributed by atoms with van der Waals surface area (Å²) >= 11 is 0. The lowest BCUT2D eigenvalue weighted by Crippen LogP contribution is -2.03. The second-order valence-electron chi connectivity index (χ2n) is 2.86. The van der Waals surface area contributed by atoms with Crippen LogP contribution in [0.25, 0.3) is 0 Å². The predicted molar refractivity (Wildman–Crippen MR) is 33.7 cm³/mol. The summed E-state index contributed by atoms with van der Waals surface area (Å²) in [6.45, 7) is 10.3. The van der Waals surface area contributed by atoms with E-state index in [1.165, 1.54) is 0 Å². The van der Waals surface area contributed by atoms with Gasteiger partial charge in [0.2, 0.25) is 0 Å². The molecule has 0 bridgehead atoms. The van der Waals surface area contributed by atoms with Crippen molar-refractivity contribution in [2.75, 3.05) is 0 Å². The fourth-order valence-corrected chi connectivity index (χ4v) is 0.433. The highest BCUT2D eigenvalue weighted by Crippen LogP contribution is 2.17. The fraction of sp³-hybridized carbons (Fsp3) is 0.714. The summed E-state index contributed by atoms with van der Waals surface area (Å²) in [4.78, 5) is 0. The van der Waals surface area contributed by atoms with Crippen molar-refractivity contribution in [1.82, 2.24) is 0 Å². The first kappa shape index (κ1) is 7.00. The molecule has 0 aliphatic heterocycles. The second-order valence-corrected chi connectivity index (χ2v) is 2.86. The molecule has 0 aliphatic carbocycles. The van der Waals surface area contributed by atoms with Gasteiger partial charge in [0.25, 0.3) is 0 Å². The number of hydrogen-bond donors (Lipinski definition) is 0. The van der Waals surface area contributed by atoms with Gasteiger partial charge in [0.05, 0.1) is 0 Å². The van der Waals surface area contributed by atoms with E-state index in [1.54, 1.807) is 0 Å². The SMILES string of the molecule is [CH2]C[CH]C(C)(C)C. The van der Waals surface area contributed by atoms with Gasteiger partial charge in [-0.2, -0.15) is 0 Å². The van der Waals surface area contributed by atoms with Gasteiger partial charge in [0.15, 0.2) is 0 Å². The monoisotopic (exact) mass is 98.1 g/mol. The fourth-order valence-electron chi connectivity index (χ4n) is 0.433. The quantitative estimate of drug-likeness (QED) is 0.472. The standard InChI is InChI=1S/C7H14/c1-5-6-7(2,3)4/h6H,1,5H2,2-4H3. The predicted octanol–water partition coefficient (Wildman–Crippen LogP) is 2.46. The third-order valence-electron chi connectivity index (χ3n) is 0.757. The van der Waals surface area contributed by atoms with Crippen molar-refractivity contribution in [3.8, 4) is 0 Å². The van der Waals surface area contributed by atoms with Crippen molar-refractivity contribution in [3.63, 3.8) is 0 Å². The topological polar surface area (TPSA) is 0 Å². The summed E-state index contributed by atoms with van der Waals surface area (Å²) < 4.78 is 0. The molecule has 0 amide bonds. The molecule has 0 unspecified atom stereocenters. The molecule has 42 valence electrons. The molecular weight excluding hydrogens is 84.1 g/mol. The van der Waals surface area contributed by atoms with Gasteiger partial charge in [0.1, 0.15) is 0 Å². The van der Waals surface area contributed by atoms with E-state index in [9.17, 15) is 0 Å². The largest absolute Gasteiger partial charge is 0.0599 e. The Labute approximate surface area is 46.9 Å². The van der Waals surface area contributed by atoms with Gasteiger partial charge < -0.3 is 0 Å². The first-order valence-electron chi connectivity index (χ1n) is 2.70. The highest BCUT2D eigenvalue weighted by atomic mass is 14.1. The van der Waals surface area contributed by atoms with Crippen molar-refractivity contribution in [2.45, 2.75) is 27.2 Å². The Kier molecular flexibility index (Phi) is 2.34. The molecule has 2 radical (unpaired) electrons. The van der Waals surface area contributed by atoms with Gasteiger partial charge in [-0.3, -0.25) is 0 Å². The molecule has 0 aliphatic rings. The molecule has 0 aromatic rings. The average Bonchev–Trinajstić information content (AvgIpc) is 1.30. The molecule has 0 aromatic heterocycles. The normalized spacial score (nSPS) is 12.0. The summed E-state index contributed by atoms with van der Waals surface area (Å²) in [6.07, 6.45) is 3.14. The van der Waals surface area contributed by atoms with E-state index in [4.69, 9.17) is 0 Å². The molecule has 0 atom stereocenters. The molecule has 0 saturated heterocycles. The molecule has 0 aromatic carbocycles. The third kappa shape index (κ3) is 6.00. The summed E-state index contributed by atoms with van der Waals surface area (Å²) in [5.74, 6) is 0.